The van der Waals surface area contributed by atoms with E-state index in [2.05, 4.69) is 185 Å². The summed E-state index contributed by atoms with van der Waals surface area (Å²) >= 11 is 0. The third-order valence-electron chi connectivity index (χ3n) is 7.00. The maximum Gasteiger partial charge on any atom is 0.0393 e. The molecule has 0 spiro atoms. The summed E-state index contributed by atoms with van der Waals surface area (Å²) < 4.78 is 0. The minimum atomic E-state index is 1.00. The van der Waals surface area contributed by atoms with E-state index in [-0.39, 0.29) is 0 Å². The van der Waals surface area contributed by atoms with Crippen LogP contribution in [0, 0.1) is 0 Å². The van der Waals surface area contributed by atoms with Crippen molar-refractivity contribution < 1.29 is 0 Å². The van der Waals surface area contributed by atoms with Crippen LogP contribution in [-0.2, 0) is 0 Å². The summed E-state index contributed by atoms with van der Waals surface area (Å²) in [6, 6.07) is 34.5. The molecule has 0 saturated heterocycles. The standard InChI is InChI=1S/C36H40N4/c1-37(2)31-17-9-27(10-18-31)35(28-11-19-32(20-12-28)38(3)4)25-26-36(29-13-21-33(22-14-29)39(5)6)30-15-23-34(24-16-30)40(7)8/h9-24H,1-8H3. The summed E-state index contributed by atoms with van der Waals surface area (Å²) in [6.07, 6.45) is 0. The highest BCUT2D eigenvalue weighted by Crippen LogP contribution is 2.29. The Kier molecular flexibility index (Phi) is 8.86. The Bertz CT molecular complexity index is 1280. The summed E-state index contributed by atoms with van der Waals surface area (Å²) in [7, 11) is 16.5. The first-order valence-electron chi connectivity index (χ1n) is 13.5. The van der Waals surface area contributed by atoms with Gasteiger partial charge in [0.05, 0.1) is 0 Å². The van der Waals surface area contributed by atoms with Gasteiger partial charge in [-0.2, -0.15) is 0 Å². The zero-order chi connectivity index (χ0) is 28.8. The molecule has 4 aromatic carbocycles. The lowest BCUT2D eigenvalue weighted by molar-refractivity contribution is 1.13. The molecule has 4 aromatic rings. The average molecular weight is 529 g/mol. The van der Waals surface area contributed by atoms with Gasteiger partial charge in [-0.1, -0.05) is 60.0 Å². The van der Waals surface area contributed by atoms with Crippen LogP contribution in [0.3, 0.4) is 0 Å². The van der Waals surface area contributed by atoms with Crippen LogP contribution in [0.4, 0.5) is 22.7 Å². The number of benzene rings is 4. The Morgan fingerprint density at radius 2 is 0.500 bits per heavy atom. The van der Waals surface area contributed by atoms with Gasteiger partial charge in [-0.3, -0.25) is 0 Å². The molecule has 0 aliphatic carbocycles. The molecule has 0 unspecified atom stereocenters. The van der Waals surface area contributed by atoms with Gasteiger partial charge in [-0.15, -0.1) is 0 Å². The number of rotatable bonds is 8. The van der Waals surface area contributed by atoms with E-state index in [1.165, 1.54) is 0 Å². The highest BCUT2D eigenvalue weighted by molar-refractivity contribution is 5.84. The minimum Gasteiger partial charge on any atom is -0.378 e. The van der Waals surface area contributed by atoms with Crippen LogP contribution < -0.4 is 19.6 Å². The van der Waals surface area contributed by atoms with E-state index in [0.717, 1.165) is 56.1 Å². The Balaban J connectivity index is 1.97. The summed E-state index contributed by atoms with van der Waals surface area (Å²) in [5.74, 6) is 0. The van der Waals surface area contributed by atoms with Gasteiger partial charge >= 0.3 is 0 Å². The zero-order valence-corrected chi connectivity index (χ0v) is 25.0. The van der Waals surface area contributed by atoms with E-state index >= 15 is 0 Å². The van der Waals surface area contributed by atoms with E-state index in [9.17, 15) is 0 Å². The van der Waals surface area contributed by atoms with E-state index in [0.29, 0.717) is 0 Å². The van der Waals surface area contributed by atoms with Crippen molar-refractivity contribution in [3.05, 3.63) is 131 Å². The fraction of sp³-hybridized carbons (Fsp3) is 0.222. The molecule has 0 bridgehead atoms. The van der Waals surface area contributed by atoms with Crippen molar-refractivity contribution in [3.8, 4) is 0 Å². The van der Waals surface area contributed by atoms with E-state index in [1.54, 1.807) is 0 Å². The summed E-state index contributed by atoms with van der Waals surface area (Å²) in [6.45, 7) is 0. The second kappa shape index (κ2) is 12.5. The van der Waals surface area contributed by atoms with Crippen molar-refractivity contribution in [3.63, 3.8) is 0 Å². The van der Waals surface area contributed by atoms with Crippen molar-refractivity contribution in [2.75, 3.05) is 76.0 Å². The zero-order valence-electron chi connectivity index (χ0n) is 25.0. The largest absolute Gasteiger partial charge is 0.378 e. The van der Waals surface area contributed by atoms with Gasteiger partial charge in [0.1, 0.15) is 0 Å². The molecule has 0 N–H and O–H groups in total. The minimum absolute atomic E-state index is 1.00. The van der Waals surface area contributed by atoms with Crippen LogP contribution in [0.1, 0.15) is 22.3 Å². The quantitative estimate of drug-likeness (QED) is 0.223. The molecule has 4 nitrogen and oxygen atoms in total. The van der Waals surface area contributed by atoms with Gasteiger partial charge in [-0.05, 0) is 70.8 Å². The first-order valence-corrected chi connectivity index (χ1v) is 13.5. The second-order valence-corrected chi connectivity index (χ2v) is 10.8. The SMILES string of the molecule is CN(C)c1ccc(C(=C=C=C(c2ccc(N(C)C)cc2)c2ccc(N(C)C)cc2)c2ccc(N(C)C)cc2)cc1. The first kappa shape index (κ1) is 28.4. The topological polar surface area (TPSA) is 13.0 Å². The van der Waals surface area contributed by atoms with E-state index < -0.39 is 0 Å². The molecule has 0 heterocycles. The van der Waals surface area contributed by atoms with Crippen molar-refractivity contribution in [2.24, 2.45) is 0 Å². The molecule has 4 heteroatoms. The normalized spacial score (nSPS) is 10.3. The van der Waals surface area contributed by atoms with Crippen LogP contribution in [0.5, 0.6) is 0 Å². The second-order valence-electron chi connectivity index (χ2n) is 10.8. The lowest BCUT2D eigenvalue weighted by Gasteiger charge is -2.15. The molecular weight excluding hydrogens is 488 g/mol. The third-order valence-corrected chi connectivity index (χ3v) is 7.00. The van der Waals surface area contributed by atoms with Crippen LogP contribution in [-0.4, -0.2) is 56.4 Å². The van der Waals surface area contributed by atoms with Gasteiger partial charge in [-0.25, -0.2) is 0 Å². The summed E-state index contributed by atoms with van der Waals surface area (Å²) in [4.78, 5) is 8.45. The molecule has 204 valence electrons. The van der Waals surface area contributed by atoms with E-state index in [4.69, 9.17) is 0 Å². The molecular formula is C36H40N4. The molecule has 0 fully saturated rings. The molecule has 0 aromatic heterocycles. The van der Waals surface area contributed by atoms with Gasteiger partial charge in [0, 0.05) is 90.3 Å². The Morgan fingerprint density at radius 1 is 0.325 bits per heavy atom. The van der Waals surface area contributed by atoms with Gasteiger partial charge in [0.25, 0.3) is 0 Å². The highest BCUT2D eigenvalue weighted by atomic mass is 15.1. The summed E-state index contributed by atoms with van der Waals surface area (Å²) in [5, 5.41) is 0. The number of anilines is 4. The molecule has 0 saturated carbocycles. The van der Waals surface area contributed by atoms with E-state index in [1.807, 2.05) is 0 Å². The lowest BCUT2D eigenvalue weighted by atomic mass is 9.96. The van der Waals surface area contributed by atoms with Crippen molar-refractivity contribution >= 4 is 33.9 Å². The Hall–Kier alpha value is -4.62. The molecule has 0 aliphatic rings. The van der Waals surface area contributed by atoms with Crippen LogP contribution in [0.2, 0.25) is 0 Å². The Labute approximate surface area is 240 Å². The predicted octanol–water partition coefficient (Wildman–Crippen LogP) is 7.27. The average Bonchev–Trinajstić information content (AvgIpc) is 2.96. The fourth-order valence-corrected chi connectivity index (χ4v) is 4.45. The maximum atomic E-state index is 3.60. The molecule has 40 heavy (non-hydrogen) atoms. The monoisotopic (exact) mass is 528 g/mol. The lowest BCUT2D eigenvalue weighted by Crippen LogP contribution is -2.08. The first-order chi connectivity index (χ1) is 19.1. The van der Waals surface area contributed by atoms with Gasteiger partial charge in [0.15, 0.2) is 0 Å². The molecule has 0 aliphatic heterocycles. The fourth-order valence-electron chi connectivity index (χ4n) is 4.45. The molecule has 4 rings (SSSR count). The molecule has 0 radical (unpaired) electrons. The van der Waals surface area contributed by atoms with Crippen molar-refractivity contribution in [1.82, 2.24) is 0 Å². The predicted molar refractivity (Wildman–Crippen MR) is 175 cm³/mol. The number of hydrogen-bond donors (Lipinski definition) is 0. The number of nitrogens with zero attached hydrogens (tertiary/aromatic N) is 4. The summed E-state index contributed by atoms with van der Waals surface area (Å²) in [5.41, 5.74) is 18.2. The van der Waals surface area contributed by atoms with Crippen LogP contribution in [0.15, 0.2) is 109 Å². The highest BCUT2D eigenvalue weighted by Gasteiger charge is 2.09. The van der Waals surface area contributed by atoms with Gasteiger partial charge < -0.3 is 19.6 Å². The third kappa shape index (κ3) is 6.68. The molecule has 0 atom stereocenters. The Morgan fingerprint density at radius 3 is 0.650 bits per heavy atom. The smallest absolute Gasteiger partial charge is 0.0393 e. The van der Waals surface area contributed by atoms with Crippen LogP contribution in [0.25, 0.3) is 11.1 Å². The van der Waals surface area contributed by atoms with Gasteiger partial charge in [0.2, 0.25) is 0 Å². The maximum absolute atomic E-state index is 3.60. The van der Waals surface area contributed by atoms with Crippen LogP contribution >= 0.6 is 0 Å². The molecule has 0 amide bonds. The van der Waals surface area contributed by atoms with Crippen molar-refractivity contribution in [1.29, 1.82) is 0 Å². The van der Waals surface area contributed by atoms with Crippen molar-refractivity contribution in [2.45, 2.75) is 0 Å². The number of hydrogen-bond acceptors (Lipinski definition) is 4.